The Kier molecular flexibility index (Phi) is 4.78. The lowest BCUT2D eigenvalue weighted by molar-refractivity contribution is 0.395. The van der Waals surface area contributed by atoms with Gasteiger partial charge in [0.05, 0.1) is 23.3 Å². The summed E-state index contributed by atoms with van der Waals surface area (Å²) >= 11 is 8.99. The van der Waals surface area contributed by atoms with Crippen molar-refractivity contribution in [1.82, 2.24) is 19.7 Å². The summed E-state index contributed by atoms with van der Waals surface area (Å²) in [5.74, 6) is 0.559. The molecule has 4 aromatic rings. The van der Waals surface area contributed by atoms with E-state index in [0.29, 0.717) is 17.3 Å². The van der Waals surface area contributed by atoms with Crippen LogP contribution in [-0.4, -0.2) is 26.9 Å². The van der Waals surface area contributed by atoms with Gasteiger partial charge < -0.3 is 4.74 Å². The van der Waals surface area contributed by atoms with E-state index in [4.69, 9.17) is 16.3 Å². The molecule has 0 unspecified atom stereocenters. The van der Waals surface area contributed by atoms with Crippen molar-refractivity contribution in [3.8, 4) is 11.6 Å². The van der Waals surface area contributed by atoms with Gasteiger partial charge in [0.15, 0.2) is 0 Å². The second-order valence-electron chi connectivity index (χ2n) is 5.76. The predicted octanol–water partition coefficient (Wildman–Crippen LogP) is 4.67. The van der Waals surface area contributed by atoms with Gasteiger partial charge in [-0.15, -0.1) is 0 Å². The molecule has 0 bridgehead atoms. The maximum absolute atomic E-state index is 6.71. The van der Waals surface area contributed by atoms with E-state index in [2.05, 4.69) is 37.7 Å². The molecule has 130 valence electrons. The number of halogens is 2. The van der Waals surface area contributed by atoms with E-state index in [1.54, 1.807) is 18.1 Å². The van der Waals surface area contributed by atoms with Crippen LogP contribution >= 0.6 is 34.2 Å². The molecule has 0 saturated carbocycles. The Labute approximate surface area is 169 Å². The number of nitrogens with zero attached hydrogens (tertiary/aromatic N) is 4. The fourth-order valence-corrected chi connectivity index (χ4v) is 3.64. The zero-order valence-electron chi connectivity index (χ0n) is 13.9. The summed E-state index contributed by atoms with van der Waals surface area (Å²) in [5.41, 5.74) is 3.78. The summed E-state index contributed by atoms with van der Waals surface area (Å²) in [6, 6.07) is 14.1. The van der Waals surface area contributed by atoms with Crippen LogP contribution in [0, 0.1) is 3.57 Å². The van der Waals surface area contributed by atoms with Gasteiger partial charge in [0.1, 0.15) is 12.7 Å². The molecule has 0 atom stereocenters. The Balaban J connectivity index is 1.73. The van der Waals surface area contributed by atoms with E-state index >= 15 is 0 Å². The molecule has 2 aromatic carbocycles. The van der Waals surface area contributed by atoms with E-state index in [0.717, 1.165) is 31.3 Å². The molecule has 0 N–H and O–H groups in total. The predicted molar refractivity (Wildman–Crippen MR) is 110 cm³/mol. The minimum Gasteiger partial charge on any atom is -0.481 e. The molecule has 0 fully saturated rings. The van der Waals surface area contributed by atoms with E-state index in [9.17, 15) is 0 Å². The van der Waals surface area contributed by atoms with Gasteiger partial charge in [-0.3, -0.25) is 0 Å². The summed E-state index contributed by atoms with van der Waals surface area (Å²) in [7, 11) is 1.62. The molecule has 0 aliphatic heterocycles. The average molecular weight is 477 g/mol. The Morgan fingerprint density at radius 2 is 1.96 bits per heavy atom. The van der Waals surface area contributed by atoms with Crippen molar-refractivity contribution >= 4 is 45.1 Å². The highest BCUT2D eigenvalue weighted by Gasteiger charge is 2.15. The highest BCUT2D eigenvalue weighted by atomic mass is 127. The van der Waals surface area contributed by atoms with E-state index in [-0.39, 0.29) is 0 Å². The molecule has 0 radical (unpaired) electrons. The molecule has 0 amide bonds. The second kappa shape index (κ2) is 7.20. The smallest absolute Gasteiger partial charge is 0.218 e. The fourth-order valence-electron chi connectivity index (χ4n) is 2.85. The minimum atomic E-state index is 0.559. The molecule has 4 rings (SSSR count). The molecule has 0 aliphatic rings. The van der Waals surface area contributed by atoms with Crippen molar-refractivity contribution in [2.24, 2.45) is 0 Å². The first kappa shape index (κ1) is 17.2. The van der Waals surface area contributed by atoms with Crippen LogP contribution in [0.25, 0.3) is 16.6 Å². The first-order valence-electron chi connectivity index (χ1n) is 7.91. The monoisotopic (exact) mass is 476 g/mol. The van der Waals surface area contributed by atoms with Crippen LogP contribution in [0.3, 0.4) is 0 Å². The van der Waals surface area contributed by atoms with Crippen molar-refractivity contribution in [2.75, 3.05) is 7.11 Å². The lowest BCUT2D eigenvalue weighted by atomic mass is 10.0. The van der Waals surface area contributed by atoms with Gasteiger partial charge in [0.2, 0.25) is 5.88 Å². The first-order valence-corrected chi connectivity index (χ1v) is 9.37. The second-order valence-corrected chi connectivity index (χ2v) is 7.38. The largest absolute Gasteiger partial charge is 0.481 e. The SMILES string of the molecule is COc1nc2ccc(I)cc2c(Cl)c1Cc1ccc(-n2cncn2)cc1. The Hall–Kier alpha value is -2.19. The van der Waals surface area contributed by atoms with Crippen molar-refractivity contribution in [2.45, 2.75) is 6.42 Å². The van der Waals surface area contributed by atoms with Gasteiger partial charge >= 0.3 is 0 Å². The van der Waals surface area contributed by atoms with Crippen LogP contribution in [0.1, 0.15) is 11.1 Å². The van der Waals surface area contributed by atoms with Crippen LogP contribution in [0.4, 0.5) is 0 Å². The molecular formula is C19H14ClIN4O. The zero-order valence-corrected chi connectivity index (χ0v) is 16.8. The summed E-state index contributed by atoms with van der Waals surface area (Å²) in [6.07, 6.45) is 3.82. The fraction of sp³-hybridized carbons (Fsp3) is 0.105. The summed E-state index contributed by atoms with van der Waals surface area (Å²) in [6.45, 7) is 0. The number of benzene rings is 2. The number of methoxy groups -OCH3 is 1. The molecule has 2 heterocycles. The molecule has 0 spiro atoms. The maximum atomic E-state index is 6.71. The Morgan fingerprint density at radius 3 is 2.65 bits per heavy atom. The standard InChI is InChI=1S/C19H14ClIN4O/c1-26-19-16(18(20)15-9-13(21)4-7-17(15)24-19)8-12-2-5-14(6-3-12)25-11-22-10-23-25/h2-7,9-11H,8H2,1H3. The summed E-state index contributed by atoms with van der Waals surface area (Å²) < 4.78 is 8.34. The van der Waals surface area contributed by atoms with E-state index in [1.807, 2.05) is 42.5 Å². The maximum Gasteiger partial charge on any atom is 0.218 e. The summed E-state index contributed by atoms with van der Waals surface area (Å²) in [4.78, 5) is 8.59. The van der Waals surface area contributed by atoms with Crippen LogP contribution in [0.5, 0.6) is 5.88 Å². The topological polar surface area (TPSA) is 52.8 Å². The molecule has 5 nitrogen and oxygen atoms in total. The van der Waals surface area contributed by atoms with E-state index < -0.39 is 0 Å². The number of hydrogen-bond donors (Lipinski definition) is 0. The number of hydrogen-bond acceptors (Lipinski definition) is 4. The van der Waals surface area contributed by atoms with Gasteiger partial charge in [-0.1, -0.05) is 23.7 Å². The molecule has 26 heavy (non-hydrogen) atoms. The normalized spacial score (nSPS) is 11.0. The van der Waals surface area contributed by atoms with Gasteiger partial charge in [-0.05, 0) is 58.5 Å². The quantitative estimate of drug-likeness (QED) is 0.402. The van der Waals surface area contributed by atoms with Crippen molar-refractivity contribution in [3.63, 3.8) is 0 Å². The van der Waals surface area contributed by atoms with Crippen molar-refractivity contribution in [1.29, 1.82) is 0 Å². The van der Waals surface area contributed by atoms with E-state index in [1.165, 1.54) is 6.33 Å². The van der Waals surface area contributed by atoms with Crippen LogP contribution in [0.15, 0.2) is 55.1 Å². The molecular weight excluding hydrogens is 463 g/mol. The van der Waals surface area contributed by atoms with Crippen LogP contribution in [-0.2, 0) is 6.42 Å². The van der Waals surface area contributed by atoms with Crippen molar-refractivity contribution < 1.29 is 4.74 Å². The molecule has 2 aromatic heterocycles. The highest BCUT2D eigenvalue weighted by molar-refractivity contribution is 14.1. The Morgan fingerprint density at radius 1 is 1.15 bits per heavy atom. The number of aromatic nitrogens is 4. The highest BCUT2D eigenvalue weighted by Crippen LogP contribution is 2.34. The minimum absolute atomic E-state index is 0.559. The molecule has 0 saturated heterocycles. The Bertz CT molecular complexity index is 1070. The molecule has 0 aliphatic carbocycles. The van der Waals surface area contributed by atoms with Gasteiger partial charge in [-0.25, -0.2) is 14.6 Å². The molecule has 7 heteroatoms. The van der Waals surface area contributed by atoms with Gasteiger partial charge in [-0.2, -0.15) is 5.10 Å². The van der Waals surface area contributed by atoms with Crippen LogP contribution in [0.2, 0.25) is 5.02 Å². The average Bonchev–Trinajstić information content (AvgIpc) is 3.19. The lowest BCUT2D eigenvalue weighted by Gasteiger charge is -2.13. The number of pyridine rings is 1. The van der Waals surface area contributed by atoms with Gasteiger partial charge in [0, 0.05) is 20.9 Å². The van der Waals surface area contributed by atoms with Crippen molar-refractivity contribution in [3.05, 3.63) is 74.8 Å². The third kappa shape index (κ3) is 3.26. The number of fused-ring (bicyclic) bond motifs is 1. The third-order valence-corrected chi connectivity index (χ3v) is 5.24. The zero-order chi connectivity index (χ0) is 18.1. The first-order chi connectivity index (χ1) is 12.7. The van der Waals surface area contributed by atoms with Gasteiger partial charge in [0.25, 0.3) is 0 Å². The number of rotatable bonds is 4. The summed E-state index contributed by atoms with van der Waals surface area (Å²) in [5, 5.41) is 5.76. The number of ether oxygens (including phenoxy) is 1. The lowest BCUT2D eigenvalue weighted by Crippen LogP contribution is -2.00. The third-order valence-electron chi connectivity index (χ3n) is 4.13. The van der Waals surface area contributed by atoms with Crippen LogP contribution < -0.4 is 4.74 Å².